The lowest BCUT2D eigenvalue weighted by Crippen LogP contribution is -2.45. The van der Waals surface area contributed by atoms with E-state index in [1.165, 1.54) is 12.1 Å². The van der Waals surface area contributed by atoms with Crippen LogP contribution in [0.2, 0.25) is 0 Å². The van der Waals surface area contributed by atoms with E-state index in [1.807, 2.05) is 6.07 Å². The second-order valence-corrected chi connectivity index (χ2v) is 6.52. The first kappa shape index (κ1) is 16.9. The van der Waals surface area contributed by atoms with Gasteiger partial charge in [0, 0.05) is 31.7 Å². The number of carbonyl (C=O) groups excluding carboxylic acids is 1. The Bertz CT molecular complexity index is 615. The molecule has 130 valence electrons. The molecule has 1 aliphatic carbocycles. The van der Waals surface area contributed by atoms with Gasteiger partial charge in [-0.05, 0) is 42.9 Å². The molecule has 6 heteroatoms. The van der Waals surface area contributed by atoms with Crippen LogP contribution in [-0.4, -0.2) is 47.7 Å². The minimum atomic E-state index is -0.905. The van der Waals surface area contributed by atoms with Crippen LogP contribution < -0.4 is 0 Å². The zero-order chi connectivity index (χ0) is 17.1. The molecule has 2 fully saturated rings. The van der Waals surface area contributed by atoms with Gasteiger partial charge in [0.25, 0.3) is 0 Å². The Morgan fingerprint density at radius 2 is 2.04 bits per heavy atom. The SMILES string of the molecule is O=C(O)CCN(C(=O)[C@H]1C[C@@H]1c1cccc(F)c1)C1CCOCC1. The van der Waals surface area contributed by atoms with Gasteiger partial charge in [-0.1, -0.05) is 12.1 Å². The number of hydrogen-bond donors (Lipinski definition) is 1. The molecule has 1 aromatic rings. The predicted molar refractivity (Wildman–Crippen MR) is 85.1 cm³/mol. The van der Waals surface area contributed by atoms with Crippen molar-refractivity contribution in [1.82, 2.24) is 4.90 Å². The fourth-order valence-corrected chi connectivity index (χ4v) is 3.47. The lowest BCUT2D eigenvalue weighted by atomic mass is 10.0. The van der Waals surface area contributed by atoms with Crippen LogP contribution in [0.1, 0.15) is 37.2 Å². The zero-order valence-corrected chi connectivity index (χ0v) is 13.5. The van der Waals surface area contributed by atoms with Crippen molar-refractivity contribution in [1.29, 1.82) is 0 Å². The summed E-state index contributed by atoms with van der Waals surface area (Å²) in [6.07, 6.45) is 2.13. The number of amides is 1. The van der Waals surface area contributed by atoms with Crippen molar-refractivity contribution in [2.24, 2.45) is 5.92 Å². The van der Waals surface area contributed by atoms with E-state index in [-0.39, 0.29) is 42.6 Å². The van der Waals surface area contributed by atoms with E-state index in [2.05, 4.69) is 0 Å². The molecule has 24 heavy (non-hydrogen) atoms. The predicted octanol–water partition coefficient (Wildman–Crippen LogP) is 2.41. The molecule has 0 radical (unpaired) electrons. The summed E-state index contributed by atoms with van der Waals surface area (Å²) < 4.78 is 18.7. The Morgan fingerprint density at radius 3 is 2.71 bits per heavy atom. The third-order valence-electron chi connectivity index (χ3n) is 4.87. The number of carbonyl (C=O) groups is 2. The number of benzene rings is 1. The van der Waals surface area contributed by atoms with E-state index in [4.69, 9.17) is 9.84 Å². The van der Waals surface area contributed by atoms with E-state index >= 15 is 0 Å². The summed E-state index contributed by atoms with van der Waals surface area (Å²) in [6, 6.07) is 6.42. The zero-order valence-electron chi connectivity index (χ0n) is 13.5. The van der Waals surface area contributed by atoms with Crippen molar-refractivity contribution in [3.63, 3.8) is 0 Å². The maximum atomic E-state index is 13.4. The first-order chi connectivity index (χ1) is 11.6. The number of carboxylic acid groups (broad SMARTS) is 1. The van der Waals surface area contributed by atoms with E-state index in [1.54, 1.807) is 11.0 Å². The minimum Gasteiger partial charge on any atom is -0.481 e. The number of aliphatic carboxylic acids is 1. The highest BCUT2D eigenvalue weighted by molar-refractivity contribution is 5.83. The molecule has 0 unspecified atom stereocenters. The molecule has 1 saturated heterocycles. The van der Waals surface area contributed by atoms with Crippen LogP contribution in [-0.2, 0) is 14.3 Å². The number of halogens is 1. The maximum Gasteiger partial charge on any atom is 0.305 e. The number of carboxylic acids is 1. The molecule has 1 aromatic carbocycles. The van der Waals surface area contributed by atoms with Crippen LogP contribution in [0.5, 0.6) is 0 Å². The van der Waals surface area contributed by atoms with Crippen LogP contribution in [0, 0.1) is 11.7 Å². The Hall–Kier alpha value is -1.95. The van der Waals surface area contributed by atoms with Gasteiger partial charge >= 0.3 is 5.97 Å². The molecular weight excluding hydrogens is 313 g/mol. The van der Waals surface area contributed by atoms with E-state index < -0.39 is 5.97 Å². The molecular formula is C18H22FNO4. The molecule has 1 N–H and O–H groups in total. The molecule has 1 aliphatic heterocycles. The van der Waals surface area contributed by atoms with E-state index in [0.29, 0.717) is 19.6 Å². The Morgan fingerprint density at radius 1 is 1.29 bits per heavy atom. The lowest BCUT2D eigenvalue weighted by Gasteiger charge is -2.34. The van der Waals surface area contributed by atoms with Gasteiger partial charge < -0.3 is 14.7 Å². The summed E-state index contributed by atoms with van der Waals surface area (Å²) >= 11 is 0. The van der Waals surface area contributed by atoms with Gasteiger partial charge in [0.15, 0.2) is 0 Å². The highest BCUT2D eigenvalue weighted by Gasteiger charge is 2.47. The number of ether oxygens (including phenoxy) is 1. The summed E-state index contributed by atoms with van der Waals surface area (Å²) in [7, 11) is 0. The molecule has 0 bridgehead atoms. The van der Waals surface area contributed by atoms with E-state index in [9.17, 15) is 14.0 Å². The molecule has 3 rings (SSSR count). The Kier molecular flexibility index (Phi) is 5.14. The average molecular weight is 335 g/mol. The smallest absolute Gasteiger partial charge is 0.305 e. The largest absolute Gasteiger partial charge is 0.481 e. The van der Waals surface area contributed by atoms with Gasteiger partial charge in [-0.3, -0.25) is 9.59 Å². The van der Waals surface area contributed by atoms with Crippen LogP contribution in [0.25, 0.3) is 0 Å². The van der Waals surface area contributed by atoms with Gasteiger partial charge in [0.2, 0.25) is 5.91 Å². The fourth-order valence-electron chi connectivity index (χ4n) is 3.47. The molecule has 1 amide bonds. The number of hydrogen-bond acceptors (Lipinski definition) is 3. The average Bonchev–Trinajstić information content (AvgIpc) is 3.36. The Labute approximate surface area is 140 Å². The van der Waals surface area contributed by atoms with E-state index in [0.717, 1.165) is 18.4 Å². The van der Waals surface area contributed by atoms with Crippen LogP contribution in [0.15, 0.2) is 24.3 Å². The van der Waals surface area contributed by atoms with Crippen molar-refractivity contribution in [2.45, 2.75) is 37.6 Å². The standard InChI is InChI=1S/C18H22FNO4/c19-13-3-1-2-12(10-13)15-11-16(15)18(23)20(7-4-17(21)22)14-5-8-24-9-6-14/h1-3,10,14-16H,4-9,11H2,(H,21,22)/t15-,16+/m1/s1. The van der Waals surface area contributed by atoms with Crippen molar-refractivity contribution in [3.8, 4) is 0 Å². The monoisotopic (exact) mass is 335 g/mol. The Balaban J connectivity index is 1.68. The second kappa shape index (κ2) is 7.30. The van der Waals surface area contributed by atoms with Crippen LogP contribution in [0.4, 0.5) is 4.39 Å². The number of rotatable bonds is 6. The highest BCUT2D eigenvalue weighted by atomic mass is 19.1. The summed E-state index contributed by atoms with van der Waals surface area (Å²) in [4.78, 5) is 25.5. The van der Waals surface area contributed by atoms with Crippen molar-refractivity contribution >= 4 is 11.9 Å². The second-order valence-electron chi connectivity index (χ2n) is 6.52. The molecule has 0 aromatic heterocycles. The molecule has 1 heterocycles. The normalized spacial score (nSPS) is 23.7. The van der Waals surface area contributed by atoms with Crippen molar-refractivity contribution in [2.75, 3.05) is 19.8 Å². The lowest BCUT2D eigenvalue weighted by molar-refractivity contribution is -0.141. The quantitative estimate of drug-likeness (QED) is 0.867. The van der Waals surface area contributed by atoms with Crippen molar-refractivity contribution < 1.29 is 23.8 Å². The third-order valence-corrected chi connectivity index (χ3v) is 4.87. The summed E-state index contributed by atoms with van der Waals surface area (Å²) in [5.74, 6) is -1.32. The highest BCUT2D eigenvalue weighted by Crippen LogP contribution is 2.49. The first-order valence-corrected chi connectivity index (χ1v) is 8.41. The molecule has 0 spiro atoms. The molecule has 1 saturated carbocycles. The van der Waals surface area contributed by atoms with Crippen LogP contribution in [0.3, 0.4) is 0 Å². The summed E-state index contributed by atoms with van der Waals surface area (Å²) in [5.41, 5.74) is 0.846. The molecule has 2 aliphatic rings. The van der Waals surface area contributed by atoms with Crippen LogP contribution >= 0.6 is 0 Å². The molecule has 5 nitrogen and oxygen atoms in total. The van der Waals surface area contributed by atoms with Gasteiger partial charge in [0.05, 0.1) is 6.42 Å². The number of nitrogens with zero attached hydrogens (tertiary/aromatic N) is 1. The minimum absolute atomic E-state index is 0.00240. The van der Waals surface area contributed by atoms with Gasteiger partial charge in [-0.2, -0.15) is 0 Å². The fraction of sp³-hybridized carbons (Fsp3) is 0.556. The molecule has 2 atom stereocenters. The maximum absolute atomic E-state index is 13.4. The summed E-state index contributed by atoms with van der Waals surface area (Å²) in [5, 5.41) is 8.95. The third kappa shape index (κ3) is 3.93. The van der Waals surface area contributed by atoms with Gasteiger partial charge in [-0.25, -0.2) is 4.39 Å². The topological polar surface area (TPSA) is 66.8 Å². The van der Waals surface area contributed by atoms with Gasteiger partial charge in [-0.15, -0.1) is 0 Å². The van der Waals surface area contributed by atoms with Crippen molar-refractivity contribution in [3.05, 3.63) is 35.6 Å². The summed E-state index contributed by atoms with van der Waals surface area (Å²) in [6.45, 7) is 1.42. The van der Waals surface area contributed by atoms with Gasteiger partial charge in [0.1, 0.15) is 5.82 Å². The first-order valence-electron chi connectivity index (χ1n) is 8.41.